The molecule has 2 heterocycles. The van der Waals surface area contributed by atoms with Crippen molar-refractivity contribution in [3.63, 3.8) is 0 Å². The Hall–Kier alpha value is -2.19. The number of amides is 1. The van der Waals surface area contributed by atoms with Gasteiger partial charge in [-0.3, -0.25) is 14.5 Å². The third-order valence-electron chi connectivity index (χ3n) is 5.29. The second-order valence-corrected chi connectivity index (χ2v) is 11.5. The Morgan fingerprint density at radius 2 is 1.65 bits per heavy atom. The molecule has 2 aliphatic rings. The molecule has 2 aliphatic heterocycles. The summed E-state index contributed by atoms with van der Waals surface area (Å²) in [5.74, 6) is -1.06. The van der Waals surface area contributed by atoms with Crippen LogP contribution in [0.25, 0.3) is 0 Å². The first-order valence-electron chi connectivity index (χ1n) is 10.4. The average Bonchev–Trinajstić information content (AvgIpc) is 3.16. The predicted molar refractivity (Wildman–Crippen MR) is 132 cm³/mol. The minimum atomic E-state index is -1.78. The quantitative estimate of drug-likeness (QED) is 0.255. The first-order chi connectivity index (χ1) is 16.2. The predicted octanol–water partition coefficient (Wildman–Crippen LogP) is 4.92. The van der Waals surface area contributed by atoms with Crippen LogP contribution < -0.4 is 4.74 Å². The fourth-order valence-electron chi connectivity index (χ4n) is 3.76. The first-order valence-corrected chi connectivity index (χ1v) is 12.4. The third kappa shape index (κ3) is 5.89. The van der Waals surface area contributed by atoms with E-state index >= 15 is 0 Å². The van der Waals surface area contributed by atoms with E-state index in [1.54, 1.807) is 12.1 Å². The number of hydrogen-bond acceptors (Lipinski definition) is 6. The number of esters is 1. The Morgan fingerprint density at radius 3 is 2.29 bits per heavy atom. The standard InChI is InChI=1S/C24H20Cl3NO5S/c25-24(26,27)14-33-23(31)20-19(13-32-17-9-5-2-6-10-17)34-22-18(21(30)28(20)22)12-16(29)11-15-7-3-1-4-8-15/h1-10,18,22H,11-14H2/t18-,22-/m1/s1. The summed E-state index contributed by atoms with van der Waals surface area (Å²) in [7, 11) is 0. The van der Waals surface area contributed by atoms with Gasteiger partial charge in [-0.05, 0) is 17.7 Å². The summed E-state index contributed by atoms with van der Waals surface area (Å²) in [6.07, 6.45) is 0.336. The van der Waals surface area contributed by atoms with Crippen molar-refractivity contribution in [3.05, 3.63) is 76.8 Å². The van der Waals surface area contributed by atoms with Gasteiger partial charge in [0, 0.05) is 12.8 Å². The Morgan fingerprint density at radius 1 is 1.00 bits per heavy atom. The summed E-state index contributed by atoms with van der Waals surface area (Å²) in [5.41, 5.74) is 0.957. The van der Waals surface area contributed by atoms with E-state index in [0.29, 0.717) is 10.7 Å². The monoisotopic (exact) mass is 539 g/mol. The molecule has 178 valence electrons. The van der Waals surface area contributed by atoms with Crippen LogP contribution in [-0.4, -0.2) is 44.9 Å². The van der Waals surface area contributed by atoms with E-state index in [4.69, 9.17) is 44.3 Å². The molecular weight excluding hydrogens is 521 g/mol. The van der Waals surface area contributed by atoms with Crippen molar-refractivity contribution in [3.8, 4) is 5.75 Å². The smallest absolute Gasteiger partial charge is 0.356 e. The van der Waals surface area contributed by atoms with E-state index in [0.717, 1.165) is 5.56 Å². The number of carbonyl (C=O) groups is 3. The van der Waals surface area contributed by atoms with Gasteiger partial charge in [-0.15, -0.1) is 0 Å². The molecule has 10 heteroatoms. The van der Waals surface area contributed by atoms with Crippen molar-refractivity contribution in [1.29, 1.82) is 0 Å². The van der Waals surface area contributed by atoms with Crippen molar-refractivity contribution in [2.75, 3.05) is 13.2 Å². The molecule has 1 fully saturated rings. The van der Waals surface area contributed by atoms with E-state index in [9.17, 15) is 14.4 Å². The molecule has 2 atom stereocenters. The van der Waals surface area contributed by atoms with Gasteiger partial charge in [-0.25, -0.2) is 4.79 Å². The summed E-state index contributed by atoms with van der Waals surface area (Å²) >= 11 is 18.4. The van der Waals surface area contributed by atoms with Gasteiger partial charge in [0.05, 0.1) is 16.2 Å². The normalized spacial score (nSPS) is 19.5. The number of ether oxygens (including phenoxy) is 2. The van der Waals surface area contributed by atoms with E-state index in [1.165, 1.54) is 16.7 Å². The van der Waals surface area contributed by atoms with Crippen LogP contribution in [-0.2, 0) is 25.5 Å². The van der Waals surface area contributed by atoms with Crippen LogP contribution in [0.5, 0.6) is 5.75 Å². The summed E-state index contributed by atoms with van der Waals surface area (Å²) in [6.45, 7) is -0.416. The summed E-state index contributed by atoms with van der Waals surface area (Å²) in [4.78, 5) is 40.3. The molecular formula is C24H20Cl3NO5S. The average molecular weight is 541 g/mol. The number of halogens is 3. The Balaban J connectivity index is 1.47. The number of hydrogen-bond donors (Lipinski definition) is 0. The highest BCUT2D eigenvalue weighted by molar-refractivity contribution is 8.04. The number of Topliss-reactive ketones (excluding diaryl/α,β-unsaturated/α-hetero) is 1. The minimum Gasteiger partial charge on any atom is -0.488 e. The lowest BCUT2D eigenvalue weighted by atomic mass is 9.90. The van der Waals surface area contributed by atoms with E-state index < -0.39 is 27.7 Å². The molecule has 6 nitrogen and oxygen atoms in total. The number of thioether (sulfide) groups is 1. The molecule has 2 aromatic rings. The summed E-state index contributed by atoms with van der Waals surface area (Å²) in [6, 6.07) is 18.4. The summed E-state index contributed by atoms with van der Waals surface area (Å²) in [5, 5.41) is -0.392. The highest BCUT2D eigenvalue weighted by Gasteiger charge is 2.56. The lowest BCUT2D eigenvalue weighted by Crippen LogP contribution is -2.58. The van der Waals surface area contributed by atoms with Gasteiger partial charge in [0.1, 0.15) is 30.4 Å². The number of rotatable bonds is 9. The van der Waals surface area contributed by atoms with Crippen molar-refractivity contribution in [1.82, 2.24) is 4.90 Å². The second kappa shape index (κ2) is 10.6. The van der Waals surface area contributed by atoms with Crippen LogP contribution in [0.2, 0.25) is 0 Å². The van der Waals surface area contributed by atoms with Gasteiger partial charge in [-0.2, -0.15) is 0 Å². The topological polar surface area (TPSA) is 72.9 Å². The fourth-order valence-corrected chi connectivity index (χ4v) is 5.32. The van der Waals surface area contributed by atoms with E-state index in [1.807, 2.05) is 48.5 Å². The zero-order valence-electron chi connectivity index (χ0n) is 17.8. The molecule has 2 aromatic carbocycles. The number of fused-ring (bicyclic) bond motifs is 1. The number of ketones is 1. The molecule has 0 aromatic heterocycles. The molecule has 0 N–H and O–H groups in total. The van der Waals surface area contributed by atoms with Gasteiger partial charge in [0.25, 0.3) is 0 Å². The maximum atomic E-state index is 13.0. The lowest BCUT2D eigenvalue weighted by molar-refractivity contribution is -0.154. The molecule has 1 saturated heterocycles. The number of nitrogens with zero attached hydrogens (tertiary/aromatic N) is 1. The van der Waals surface area contributed by atoms with Crippen LogP contribution >= 0.6 is 46.6 Å². The van der Waals surface area contributed by atoms with Crippen LogP contribution in [0.3, 0.4) is 0 Å². The second-order valence-electron chi connectivity index (χ2n) is 7.79. The highest BCUT2D eigenvalue weighted by atomic mass is 35.6. The number of carbonyl (C=O) groups excluding carboxylic acids is 3. The van der Waals surface area contributed by atoms with Crippen LogP contribution in [0, 0.1) is 5.92 Å². The zero-order valence-corrected chi connectivity index (χ0v) is 20.9. The maximum Gasteiger partial charge on any atom is 0.356 e. The molecule has 0 unspecified atom stereocenters. The zero-order chi connectivity index (χ0) is 24.3. The first kappa shape index (κ1) is 24.9. The van der Waals surface area contributed by atoms with Gasteiger partial charge >= 0.3 is 5.97 Å². The lowest BCUT2D eigenvalue weighted by Gasteiger charge is -2.42. The van der Waals surface area contributed by atoms with Gasteiger partial charge < -0.3 is 9.47 Å². The number of β-lactam (4-membered cyclic amide) rings is 1. The molecule has 4 rings (SSSR count). The van der Waals surface area contributed by atoms with Gasteiger partial charge in [-0.1, -0.05) is 95.1 Å². The molecule has 1 amide bonds. The third-order valence-corrected chi connectivity index (χ3v) is 6.99. The van der Waals surface area contributed by atoms with Crippen molar-refractivity contribution < 1.29 is 23.9 Å². The number of alkyl halides is 3. The van der Waals surface area contributed by atoms with Gasteiger partial charge in [0.2, 0.25) is 9.70 Å². The van der Waals surface area contributed by atoms with Crippen molar-refractivity contribution >= 4 is 64.2 Å². The maximum absolute atomic E-state index is 13.0. The molecule has 0 bridgehead atoms. The Kier molecular flexibility index (Phi) is 7.77. The highest BCUT2D eigenvalue weighted by Crippen LogP contribution is 2.50. The Bertz CT molecular complexity index is 1100. The van der Waals surface area contributed by atoms with E-state index in [-0.39, 0.29) is 36.8 Å². The van der Waals surface area contributed by atoms with Crippen LogP contribution in [0.1, 0.15) is 12.0 Å². The van der Waals surface area contributed by atoms with Gasteiger partial charge in [0.15, 0.2) is 0 Å². The number of para-hydroxylation sites is 1. The van der Waals surface area contributed by atoms with Crippen molar-refractivity contribution in [2.45, 2.75) is 22.0 Å². The molecule has 34 heavy (non-hydrogen) atoms. The van der Waals surface area contributed by atoms with Crippen LogP contribution in [0.15, 0.2) is 71.3 Å². The van der Waals surface area contributed by atoms with Crippen LogP contribution in [0.4, 0.5) is 0 Å². The fraction of sp³-hybridized carbons (Fsp3) is 0.292. The molecule has 0 aliphatic carbocycles. The molecule has 0 radical (unpaired) electrons. The molecule has 0 saturated carbocycles. The minimum absolute atomic E-state index is 0.0425. The molecule has 0 spiro atoms. The van der Waals surface area contributed by atoms with E-state index in [2.05, 4.69) is 0 Å². The largest absolute Gasteiger partial charge is 0.488 e. The Labute approximate surface area is 216 Å². The SMILES string of the molecule is O=C(Cc1ccccc1)C[C@@H]1C(=O)N2C(C(=O)OCC(Cl)(Cl)Cl)=C(COc3ccccc3)S[C@H]12. The van der Waals surface area contributed by atoms with Crippen molar-refractivity contribution in [2.24, 2.45) is 5.92 Å². The summed E-state index contributed by atoms with van der Waals surface area (Å²) < 4.78 is 9.16. The number of benzene rings is 2.